The monoisotopic (exact) mass is 244 g/mol. The normalized spacial score (nSPS) is 14.8. The molecule has 2 N–H and O–H groups in total. The Morgan fingerprint density at radius 1 is 1.39 bits per heavy atom. The zero-order chi connectivity index (χ0) is 12.7. The summed E-state index contributed by atoms with van der Waals surface area (Å²) in [5.41, 5.74) is 8.39. The maximum atomic E-state index is 5.91. The molecule has 0 aliphatic heterocycles. The predicted molar refractivity (Wildman–Crippen MR) is 69.6 cm³/mol. The number of aryl methyl sites for hydroxylation is 1. The molecule has 0 bridgehead atoms. The molecule has 0 saturated heterocycles. The molecule has 1 aromatic carbocycles. The van der Waals surface area contributed by atoms with Crippen molar-refractivity contribution >= 4 is 5.69 Å². The Kier molecular flexibility index (Phi) is 2.51. The van der Waals surface area contributed by atoms with Crippen LogP contribution in [0, 0.1) is 6.92 Å². The summed E-state index contributed by atoms with van der Waals surface area (Å²) < 4.78 is 10.9. The van der Waals surface area contributed by atoms with Crippen LogP contribution >= 0.6 is 0 Å². The first-order chi connectivity index (χ1) is 8.69. The fourth-order valence-electron chi connectivity index (χ4n) is 2.07. The highest BCUT2D eigenvalue weighted by Crippen LogP contribution is 2.41. The molecule has 0 unspecified atom stereocenters. The van der Waals surface area contributed by atoms with Gasteiger partial charge in [0.15, 0.2) is 5.89 Å². The topological polar surface area (TPSA) is 61.3 Å². The first-order valence-corrected chi connectivity index (χ1v) is 6.10. The van der Waals surface area contributed by atoms with Crippen LogP contribution in [0.3, 0.4) is 0 Å². The molecule has 3 rings (SSSR count). The lowest BCUT2D eigenvalue weighted by Gasteiger charge is -2.05. The van der Waals surface area contributed by atoms with Crippen molar-refractivity contribution in [2.24, 2.45) is 0 Å². The van der Waals surface area contributed by atoms with E-state index in [1.165, 1.54) is 12.8 Å². The van der Waals surface area contributed by atoms with Gasteiger partial charge in [-0.05, 0) is 38.0 Å². The molecular formula is C14H16N2O2. The standard InChI is InChI=1S/C14H16N2O2/c1-8-13(16-14(18-8)9-3-4-9)10-5-6-12(17-2)11(15)7-10/h5-7,9H,3-4,15H2,1-2H3. The van der Waals surface area contributed by atoms with Crippen LogP contribution in [0.5, 0.6) is 5.75 Å². The smallest absolute Gasteiger partial charge is 0.198 e. The molecule has 1 aromatic heterocycles. The zero-order valence-electron chi connectivity index (χ0n) is 10.6. The van der Waals surface area contributed by atoms with Crippen molar-refractivity contribution in [3.05, 3.63) is 29.9 Å². The second-order valence-electron chi connectivity index (χ2n) is 4.69. The van der Waals surface area contributed by atoms with E-state index in [1.807, 2.05) is 25.1 Å². The van der Waals surface area contributed by atoms with Gasteiger partial charge in [-0.3, -0.25) is 0 Å². The number of oxazole rings is 1. The summed E-state index contributed by atoms with van der Waals surface area (Å²) in [6, 6.07) is 5.69. The second-order valence-corrected chi connectivity index (χ2v) is 4.69. The SMILES string of the molecule is COc1ccc(-c2nc(C3CC3)oc2C)cc1N. The third-order valence-corrected chi connectivity index (χ3v) is 3.24. The maximum Gasteiger partial charge on any atom is 0.198 e. The number of hydrogen-bond donors (Lipinski definition) is 1. The Labute approximate surface area is 106 Å². The van der Waals surface area contributed by atoms with Crippen molar-refractivity contribution in [3.8, 4) is 17.0 Å². The molecule has 1 aliphatic rings. The summed E-state index contributed by atoms with van der Waals surface area (Å²) in [7, 11) is 1.61. The second kappa shape index (κ2) is 4.05. The van der Waals surface area contributed by atoms with Gasteiger partial charge in [0.05, 0.1) is 12.8 Å². The molecule has 2 aromatic rings. The van der Waals surface area contributed by atoms with Crippen molar-refractivity contribution in [2.75, 3.05) is 12.8 Å². The average molecular weight is 244 g/mol. The highest BCUT2D eigenvalue weighted by molar-refractivity contribution is 5.69. The Bertz CT molecular complexity index is 585. The van der Waals surface area contributed by atoms with Gasteiger partial charge in [0.2, 0.25) is 0 Å². The van der Waals surface area contributed by atoms with Crippen LogP contribution < -0.4 is 10.5 Å². The Morgan fingerprint density at radius 2 is 2.17 bits per heavy atom. The molecule has 1 aliphatic carbocycles. The summed E-state index contributed by atoms with van der Waals surface area (Å²) >= 11 is 0. The third kappa shape index (κ3) is 1.83. The van der Waals surface area contributed by atoms with Crippen molar-refractivity contribution in [1.29, 1.82) is 0 Å². The predicted octanol–water partition coefficient (Wildman–Crippen LogP) is 3.12. The first kappa shape index (κ1) is 11.1. The number of aromatic nitrogens is 1. The summed E-state index contributed by atoms with van der Waals surface area (Å²) in [5, 5.41) is 0. The lowest BCUT2D eigenvalue weighted by atomic mass is 10.1. The number of anilines is 1. The van der Waals surface area contributed by atoms with Crippen LogP contribution in [-0.4, -0.2) is 12.1 Å². The van der Waals surface area contributed by atoms with Crippen molar-refractivity contribution in [2.45, 2.75) is 25.7 Å². The summed E-state index contributed by atoms with van der Waals surface area (Å²) in [6.07, 6.45) is 2.37. The molecular weight excluding hydrogens is 228 g/mol. The molecule has 1 heterocycles. The minimum absolute atomic E-state index is 0.521. The molecule has 0 atom stereocenters. The van der Waals surface area contributed by atoms with E-state index in [9.17, 15) is 0 Å². The van der Waals surface area contributed by atoms with Gasteiger partial charge < -0.3 is 14.9 Å². The molecule has 4 heteroatoms. The number of rotatable bonds is 3. The minimum Gasteiger partial charge on any atom is -0.495 e. The lowest BCUT2D eigenvalue weighted by molar-refractivity contribution is 0.417. The molecule has 1 saturated carbocycles. The van der Waals surface area contributed by atoms with Gasteiger partial charge in [-0.1, -0.05) is 0 Å². The molecule has 0 radical (unpaired) electrons. The van der Waals surface area contributed by atoms with E-state index < -0.39 is 0 Å². The van der Waals surface area contributed by atoms with Gasteiger partial charge >= 0.3 is 0 Å². The number of benzene rings is 1. The van der Waals surface area contributed by atoms with E-state index in [0.29, 0.717) is 17.4 Å². The number of nitrogens with two attached hydrogens (primary N) is 1. The van der Waals surface area contributed by atoms with E-state index in [2.05, 4.69) is 4.98 Å². The number of nitrogen functional groups attached to an aromatic ring is 1. The van der Waals surface area contributed by atoms with Gasteiger partial charge in [-0.2, -0.15) is 0 Å². The molecule has 1 fully saturated rings. The van der Waals surface area contributed by atoms with Gasteiger partial charge in [-0.15, -0.1) is 0 Å². The van der Waals surface area contributed by atoms with Crippen LogP contribution in [0.25, 0.3) is 11.3 Å². The van der Waals surface area contributed by atoms with Crippen LogP contribution in [0.2, 0.25) is 0 Å². The van der Waals surface area contributed by atoms with Gasteiger partial charge in [-0.25, -0.2) is 4.98 Å². The number of hydrogen-bond acceptors (Lipinski definition) is 4. The van der Waals surface area contributed by atoms with E-state index in [-0.39, 0.29) is 0 Å². The van der Waals surface area contributed by atoms with Crippen LogP contribution in [-0.2, 0) is 0 Å². The lowest BCUT2D eigenvalue weighted by Crippen LogP contribution is -1.93. The van der Waals surface area contributed by atoms with E-state index in [0.717, 1.165) is 22.9 Å². The van der Waals surface area contributed by atoms with Gasteiger partial charge in [0.1, 0.15) is 17.2 Å². The van der Waals surface area contributed by atoms with E-state index in [1.54, 1.807) is 7.11 Å². The molecule has 0 spiro atoms. The molecule has 4 nitrogen and oxygen atoms in total. The molecule has 94 valence electrons. The zero-order valence-corrected chi connectivity index (χ0v) is 10.6. The minimum atomic E-state index is 0.521. The number of nitrogens with zero attached hydrogens (tertiary/aromatic N) is 1. The van der Waals surface area contributed by atoms with Crippen molar-refractivity contribution < 1.29 is 9.15 Å². The fraction of sp³-hybridized carbons (Fsp3) is 0.357. The quantitative estimate of drug-likeness (QED) is 0.843. The van der Waals surface area contributed by atoms with Crippen LogP contribution in [0.1, 0.15) is 30.4 Å². The van der Waals surface area contributed by atoms with Crippen LogP contribution in [0.15, 0.2) is 22.6 Å². The first-order valence-electron chi connectivity index (χ1n) is 6.10. The van der Waals surface area contributed by atoms with Crippen molar-refractivity contribution in [3.63, 3.8) is 0 Å². The third-order valence-electron chi connectivity index (χ3n) is 3.24. The maximum absolute atomic E-state index is 5.91. The highest BCUT2D eigenvalue weighted by atomic mass is 16.5. The van der Waals surface area contributed by atoms with Gasteiger partial charge in [0, 0.05) is 11.5 Å². The summed E-state index contributed by atoms with van der Waals surface area (Å²) in [6.45, 7) is 1.94. The fourth-order valence-corrected chi connectivity index (χ4v) is 2.07. The summed E-state index contributed by atoms with van der Waals surface area (Å²) in [5.74, 6) is 2.91. The molecule has 0 amide bonds. The van der Waals surface area contributed by atoms with E-state index >= 15 is 0 Å². The Hall–Kier alpha value is -1.97. The number of ether oxygens (including phenoxy) is 1. The van der Waals surface area contributed by atoms with Gasteiger partial charge in [0.25, 0.3) is 0 Å². The average Bonchev–Trinajstić information content (AvgIpc) is 3.13. The van der Waals surface area contributed by atoms with E-state index in [4.69, 9.17) is 14.9 Å². The highest BCUT2D eigenvalue weighted by Gasteiger charge is 2.29. The largest absolute Gasteiger partial charge is 0.495 e. The summed E-state index contributed by atoms with van der Waals surface area (Å²) in [4.78, 5) is 4.58. The molecule has 18 heavy (non-hydrogen) atoms. The Morgan fingerprint density at radius 3 is 2.78 bits per heavy atom. The van der Waals surface area contributed by atoms with Crippen molar-refractivity contribution in [1.82, 2.24) is 4.98 Å². The number of methoxy groups -OCH3 is 1. The Balaban J connectivity index is 2.00. The van der Waals surface area contributed by atoms with Crippen LogP contribution in [0.4, 0.5) is 5.69 Å².